The van der Waals surface area contributed by atoms with Crippen LogP contribution in [0, 0.1) is 10.1 Å². The molecule has 28 heavy (non-hydrogen) atoms. The smallest absolute Gasteiger partial charge is 0.341 e. The lowest BCUT2D eigenvalue weighted by Crippen LogP contribution is -2.22. The van der Waals surface area contributed by atoms with Crippen LogP contribution in [0.1, 0.15) is 5.82 Å². The van der Waals surface area contributed by atoms with E-state index in [0.29, 0.717) is 16.3 Å². The molecule has 0 radical (unpaired) electrons. The third-order valence-corrected chi connectivity index (χ3v) is 6.15. The minimum Gasteiger partial charge on any atom is -0.362 e. The number of aromatic nitrogens is 2. The van der Waals surface area contributed by atoms with E-state index in [0.717, 1.165) is 12.1 Å². The van der Waals surface area contributed by atoms with Crippen molar-refractivity contribution in [3.05, 3.63) is 55.9 Å². The number of benzene rings is 1. The van der Waals surface area contributed by atoms with Gasteiger partial charge in [-0.2, -0.15) is 8.78 Å². The van der Waals surface area contributed by atoms with E-state index in [-0.39, 0.29) is 23.6 Å². The summed E-state index contributed by atoms with van der Waals surface area (Å²) in [5.74, 6) is -3.46. The molecule has 2 heterocycles. The Hall–Kier alpha value is -2.93. The molecule has 0 aliphatic carbocycles. The number of halogens is 2. The third kappa shape index (κ3) is 3.57. The summed E-state index contributed by atoms with van der Waals surface area (Å²) in [5.41, 5.74) is -0.559. The summed E-state index contributed by atoms with van der Waals surface area (Å²) in [6.45, 7) is -0.0389. The lowest BCUT2D eigenvalue weighted by atomic mass is 10.2. The van der Waals surface area contributed by atoms with Crippen LogP contribution in [0.5, 0.6) is 0 Å². The van der Waals surface area contributed by atoms with Gasteiger partial charge in [-0.05, 0) is 23.6 Å². The van der Waals surface area contributed by atoms with Gasteiger partial charge >= 0.3 is 5.76 Å². The number of nitro benzene ring substituents is 1. The van der Waals surface area contributed by atoms with Crippen LogP contribution in [0.3, 0.4) is 0 Å². The predicted octanol–water partition coefficient (Wildman–Crippen LogP) is 2.53. The molecule has 0 bridgehead atoms. The number of hydrogen-bond acceptors (Lipinski definition) is 8. The number of fused-ring (bicyclic) bond motifs is 1. The van der Waals surface area contributed by atoms with Gasteiger partial charge < -0.3 is 9.88 Å². The molecule has 13 heteroatoms. The molecule has 0 saturated carbocycles. The van der Waals surface area contributed by atoms with Gasteiger partial charge in [-0.25, -0.2) is 13.4 Å². The molecule has 0 unspecified atom stereocenters. The van der Waals surface area contributed by atoms with Crippen molar-refractivity contribution in [1.29, 1.82) is 0 Å². The summed E-state index contributed by atoms with van der Waals surface area (Å²) in [4.78, 5) is 29.8. The highest BCUT2D eigenvalue weighted by Crippen LogP contribution is 2.32. The first-order valence-corrected chi connectivity index (χ1v) is 10.0. The van der Waals surface area contributed by atoms with Crippen molar-refractivity contribution >= 4 is 42.8 Å². The van der Waals surface area contributed by atoms with Gasteiger partial charge in [-0.3, -0.25) is 14.9 Å². The first-order chi connectivity index (χ1) is 13.1. The van der Waals surface area contributed by atoms with E-state index in [9.17, 15) is 32.1 Å². The van der Waals surface area contributed by atoms with Crippen LogP contribution in [0.15, 0.2) is 39.3 Å². The number of sulfone groups is 1. The monoisotopic (exact) mass is 430 g/mol. The Balaban J connectivity index is 1.99. The first kappa shape index (κ1) is 19.8. The topological polar surface area (TPSA) is 126 Å². The Kier molecular flexibility index (Phi) is 5.12. The maximum atomic E-state index is 12.7. The van der Waals surface area contributed by atoms with Gasteiger partial charge in [0.15, 0.2) is 0 Å². The average molecular weight is 430 g/mol. The van der Waals surface area contributed by atoms with E-state index in [1.807, 2.05) is 0 Å². The summed E-state index contributed by atoms with van der Waals surface area (Å²) >= 11 is 1.22. The van der Waals surface area contributed by atoms with Gasteiger partial charge in [0.25, 0.3) is 11.2 Å². The molecule has 0 spiro atoms. The number of alkyl halides is 2. The fourth-order valence-electron chi connectivity index (χ4n) is 2.56. The van der Waals surface area contributed by atoms with Crippen molar-refractivity contribution in [3.8, 4) is 0 Å². The van der Waals surface area contributed by atoms with Gasteiger partial charge in [-0.15, -0.1) is 11.3 Å². The van der Waals surface area contributed by atoms with Crippen molar-refractivity contribution in [2.45, 2.75) is 17.2 Å². The summed E-state index contributed by atoms with van der Waals surface area (Å²) in [6, 6.07) is 4.18. The fourth-order valence-corrected chi connectivity index (χ4v) is 4.02. The van der Waals surface area contributed by atoms with E-state index in [2.05, 4.69) is 9.97 Å². The quantitative estimate of drug-likeness (QED) is 0.470. The van der Waals surface area contributed by atoms with Gasteiger partial charge in [0.1, 0.15) is 16.2 Å². The van der Waals surface area contributed by atoms with E-state index in [4.69, 9.17) is 0 Å². The van der Waals surface area contributed by atoms with E-state index >= 15 is 0 Å². The van der Waals surface area contributed by atoms with E-state index in [1.165, 1.54) is 23.3 Å². The fraction of sp³-hybridized carbons (Fsp3) is 0.200. The lowest BCUT2D eigenvalue weighted by Gasteiger charge is -2.19. The molecule has 2 aromatic heterocycles. The second-order valence-corrected chi connectivity index (χ2v) is 8.55. The molecule has 0 amide bonds. The Labute approximate surface area is 160 Å². The lowest BCUT2D eigenvalue weighted by molar-refractivity contribution is -0.384. The zero-order valence-electron chi connectivity index (χ0n) is 14.1. The molecule has 1 N–H and O–H groups in total. The maximum Gasteiger partial charge on any atom is 0.341 e. The van der Waals surface area contributed by atoms with Crippen LogP contribution in [-0.4, -0.2) is 36.1 Å². The van der Waals surface area contributed by atoms with Crippen molar-refractivity contribution in [2.24, 2.45) is 0 Å². The van der Waals surface area contributed by atoms with Crippen LogP contribution < -0.4 is 10.5 Å². The standard InChI is InChI=1S/C15H12F2N4O5S2/c1-20(7-12-18-9-4-5-27-13(9)14(22)19-12)10-3-2-8(6-11(10)21(23)24)28(25,26)15(16)17/h2-6,15H,7H2,1H3,(H,18,19,22). The number of anilines is 1. The highest BCUT2D eigenvalue weighted by Gasteiger charge is 2.30. The van der Waals surface area contributed by atoms with Crippen LogP contribution in [0.4, 0.5) is 20.2 Å². The SMILES string of the molecule is CN(Cc1nc2ccsc2c(=O)[nH]1)c1ccc(S(=O)(=O)C(F)F)cc1[N+](=O)[O-]. The van der Waals surface area contributed by atoms with Crippen LogP contribution in [0.25, 0.3) is 10.2 Å². The average Bonchev–Trinajstić information content (AvgIpc) is 3.10. The summed E-state index contributed by atoms with van der Waals surface area (Å²) in [7, 11) is -3.51. The number of aromatic amines is 1. The zero-order valence-corrected chi connectivity index (χ0v) is 15.8. The van der Waals surface area contributed by atoms with E-state index in [1.54, 1.807) is 11.4 Å². The number of hydrogen-bond donors (Lipinski definition) is 1. The summed E-state index contributed by atoms with van der Waals surface area (Å²) < 4.78 is 49.0. The predicted molar refractivity (Wildman–Crippen MR) is 98.6 cm³/mol. The number of nitro groups is 1. The number of H-pyrrole nitrogens is 1. The number of thiophene rings is 1. The molecule has 3 aromatic rings. The Morgan fingerprint density at radius 3 is 2.71 bits per heavy atom. The summed E-state index contributed by atoms with van der Waals surface area (Å²) in [6.07, 6.45) is 0. The van der Waals surface area contributed by atoms with Gasteiger partial charge in [0.2, 0.25) is 9.84 Å². The highest BCUT2D eigenvalue weighted by molar-refractivity contribution is 7.91. The van der Waals surface area contributed by atoms with Gasteiger partial charge in [-0.1, -0.05) is 0 Å². The Morgan fingerprint density at radius 1 is 1.36 bits per heavy atom. The number of nitrogens with zero attached hydrogens (tertiary/aromatic N) is 3. The molecular weight excluding hydrogens is 418 g/mol. The molecule has 148 valence electrons. The normalized spacial score (nSPS) is 11.9. The minimum atomic E-state index is -4.97. The van der Waals surface area contributed by atoms with Crippen molar-refractivity contribution in [3.63, 3.8) is 0 Å². The largest absolute Gasteiger partial charge is 0.362 e. The third-order valence-electron chi connectivity index (χ3n) is 3.87. The zero-order chi connectivity index (χ0) is 20.6. The number of rotatable bonds is 6. The van der Waals surface area contributed by atoms with Crippen molar-refractivity contribution in [2.75, 3.05) is 11.9 Å². The molecular formula is C15H12F2N4O5S2. The molecule has 0 atom stereocenters. The molecule has 1 aromatic carbocycles. The molecule has 0 aliphatic heterocycles. The van der Waals surface area contributed by atoms with Crippen molar-refractivity contribution in [1.82, 2.24) is 9.97 Å². The van der Waals surface area contributed by atoms with Crippen LogP contribution >= 0.6 is 11.3 Å². The molecule has 3 rings (SSSR count). The molecule has 0 saturated heterocycles. The van der Waals surface area contributed by atoms with Gasteiger partial charge in [0, 0.05) is 13.1 Å². The van der Waals surface area contributed by atoms with Gasteiger partial charge in [0.05, 0.1) is 21.9 Å². The Bertz CT molecular complexity index is 1220. The first-order valence-electron chi connectivity index (χ1n) is 7.59. The van der Waals surface area contributed by atoms with Crippen LogP contribution in [-0.2, 0) is 16.4 Å². The minimum absolute atomic E-state index is 0.0220. The van der Waals surface area contributed by atoms with Crippen LogP contribution in [0.2, 0.25) is 0 Å². The molecule has 0 aliphatic rings. The maximum absolute atomic E-state index is 12.7. The second kappa shape index (κ2) is 7.24. The molecule has 9 nitrogen and oxygen atoms in total. The van der Waals surface area contributed by atoms with E-state index < -0.39 is 31.1 Å². The number of nitrogens with one attached hydrogen (secondary N) is 1. The highest BCUT2D eigenvalue weighted by atomic mass is 32.2. The Morgan fingerprint density at radius 2 is 2.07 bits per heavy atom. The van der Waals surface area contributed by atoms with Crippen molar-refractivity contribution < 1.29 is 22.1 Å². The molecule has 0 fully saturated rings. The summed E-state index contributed by atoms with van der Waals surface area (Å²) in [5, 5.41) is 13.0. The second-order valence-electron chi connectivity index (χ2n) is 5.72.